The van der Waals surface area contributed by atoms with Gasteiger partial charge in [0.2, 0.25) is 17.7 Å². The highest BCUT2D eigenvalue weighted by atomic mass is 79.9. The molecule has 1 saturated heterocycles. The molecule has 1 aliphatic heterocycles. The Morgan fingerprint density at radius 2 is 1.64 bits per heavy atom. The minimum atomic E-state index is -0.359. The molecule has 2 aromatic rings. The van der Waals surface area contributed by atoms with Gasteiger partial charge in [-0.1, -0.05) is 46.3 Å². The Labute approximate surface area is 172 Å². The number of anilines is 1. The average molecular weight is 441 g/mol. The van der Waals surface area contributed by atoms with Crippen molar-refractivity contribution < 1.29 is 14.4 Å². The molecule has 0 bridgehead atoms. The normalized spacial score (nSPS) is 24.2. The highest BCUT2D eigenvalue weighted by Crippen LogP contribution is 2.44. The Balaban J connectivity index is 1.42. The van der Waals surface area contributed by atoms with Crippen molar-refractivity contribution in [2.75, 3.05) is 11.9 Å². The second-order valence-corrected chi connectivity index (χ2v) is 8.37. The molecule has 2 fully saturated rings. The molecule has 1 aliphatic carbocycles. The molecular formula is C22H21BrN2O3. The number of hydrogen-bond acceptors (Lipinski definition) is 3. The van der Waals surface area contributed by atoms with Crippen LogP contribution in [-0.4, -0.2) is 29.2 Å². The summed E-state index contributed by atoms with van der Waals surface area (Å²) in [5.74, 6) is -1.08. The smallest absolute Gasteiger partial charge is 0.244 e. The van der Waals surface area contributed by atoms with Crippen molar-refractivity contribution in [1.82, 2.24) is 4.90 Å². The third-order valence-electron chi connectivity index (χ3n) is 5.72. The SMILES string of the molecule is O=C(CN1C(=O)[C@@H]2CC[C@@H](c3ccccc3)C[C@H]2C1=O)Nc1ccc(Br)cc1. The summed E-state index contributed by atoms with van der Waals surface area (Å²) in [6, 6.07) is 17.3. The Morgan fingerprint density at radius 1 is 0.964 bits per heavy atom. The van der Waals surface area contributed by atoms with Crippen LogP contribution in [0.25, 0.3) is 0 Å². The van der Waals surface area contributed by atoms with E-state index in [1.165, 1.54) is 5.56 Å². The van der Waals surface area contributed by atoms with Crippen LogP contribution in [0.2, 0.25) is 0 Å². The lowest BCUT2D eigenvalue weighted by molar-refractivity contribution is -0.142. The monoisotopic (exact) mass is 440 g/mol. The minimum Gasteiger partial charge on any atom is -0.325 e. The zero-order chi connectivity index (χ0) is 19.7. The number of likely N-dealkylation sites (tertiary alicyclic amines) is 1. The van der Waals surface area contributed by atoms with E-state index in [0.717, 1.165) is 15.8 Å². The lowest BCUT2D eigenvalue weighted by atomic mass is 9.73. The predicted molar refractivity (Wildman–Crippen MR) is 110 cm³/mol. The topological polar surface area (TPSA) is 66.5 Å². The molecule has 6 heteroatoms. The summed E-state index contributed by atoms with van der Waals surface area (Å²) < 4.78 is 0.910. The number of hydrogen-bond donors (Lipinski definition) is 1. The largest absolute Gasteiger partial charge is 0.325 e. The van der Waals surface area contributed by atoms with Crippen LogP contribution in [-0.2, 0) is 14.4 Å². The van der Waals surface area contributed by atoms with E-state index in [1.54, 1.807) is 12.1 Å². The number of benzene rings is 2. The molecule has 5 nitrogen and oxygen atoms in total. The van der Waals surface area contributed by atoms with Gasteiger partial charge in [0.1, 0.15) is 6.54 Å². The number of fused-ring (bicyclic) bond motifs is 1. The number of amides is 3. The van der Waals surface area contributed by atoms with Gasteiger partial charge in [0, 0.05) is 10.2 Å². The van der Waals surface area contributed by atoms with Gasteiger partial charge in [-0.2, -0.15) is 0 Å². The van der Waals surface area contributed by atoms with Gasteiger partial charge in [0.25, 0.3) is 0 Å². The maximum absolute atomic E-state index is 12.9. The van der Waals surface area contributed by atoms with Gasteiger partial charge in [-0.3, -0.25) is 19.3 Å². The first-order chi connectivity index (χ1) is 13.5. The molecule has 2 aromatic carbocycles. The van der Waals surface area contributed by atoms with Crippen LogP contribution >= 0.6 is 15.9 Å². The summed E-state index contributed by atoms with van der Waals surface area (Å²) in [7, 11) is 0. The number of nitrogens with one attached hydrogen (secondary N) is 1. The second-order valence-electron chi connectivity index (χ2n) is 7.45. The average Bonchev–Trinajstić information content (AvgIpc) is 2.95. The van der Waals surface area contributed by atoms with Gasteiger partial charge >= 0.3 is 0 Å². The molecule has 1 saturated carbocycles. The van der Waals surface area contributed by atoms with Crippen LogP contribution in [0.1, 0.15) is 30.7 Å². The lowest BCUT2D eigenvalue weighted by Crippen LogP contribution is -2.38. The van der Waals surface area contributed by atoms with Crippen LogP contribution in [0, 0.1) is 11.8 Å². The fourth-order valence-electron chi connectivity index (χ4n) is 4.31. The molecule has 2 aliphatic rings. The number of rotatable bonds is 4. The fourth-order valence-corrected chi connectivity index (χ4v) is 4.57. The van der Waals surface area contributed by atoms with E-state index in [0.29, 0.717) is 18.5 Å². The first-order valence-electron chi connectivity index (χ1n) is 9.48. The third kappa shape index (κ3) is 3.74. The van der Waals surface area contributed by atoms with E-state index < -0.39 is 0 Å². The first kappa shape index (κ1) is 18.9. The number of carbonyl (C=O) groups is 3. The molecule has 1 N–H and O–H groups in total. The van der Waals surface area contributed by atoms with E-state index >= 15 is 0 Å². The molecule has 0 unspecified atom stereocenters. The summed E-state index contributed by atoms with van der Waals surface area (Å²) in [6.07, 6.45) is 2.26. The summed E-state index contributed by atoms with van der Waals surface area (Å²) >= 11 is 3.34. The van der Waals surface area contributed by atoms with Crippen molar-refractivity contribution in [3.63, 3.8) is 0 Å². The fraction of sp³-hybridized carbons (Fsp3) is 0.318. The van der Waals surface area contributed by atoms with Gasteiger partial charge in [-0.25, -0.2) is 0 Å². The van der Waals surface area contributed by atoms with Gasteiger partial charge in [0.15, 0.2) is 0 Å². The van der Waals surface area contributed by atoms with Gasteiger partial charge in [-0.15, -0.1) is 0 Å². The molecular weight excluding hydrogens is 420 g/mol. The standard InChI is InChI=1S/C22H21BrN2O3/c23-16-7-9-17(10-8-16)24-20(26)13-25-21(27)18-11-6-15(12-19(18)22(25)28)14-4-2-1-3-5-14/h1-5,7-10,15,18-19H,6,11-13H2,(H,24,26)/t15-,18-,19-/m1/s1. The minimum absolute atomic E-state index is 0.201. The molecule has 0 radical (unpaired) electrons. The van der Waals surface area contributed by atoms with Gasteiger partial charge in [-0.05, 0) is 55.0 Å². The quantitative estimate of drug-likeness (QED) is 0.731. The van der Waals surface area contributed by atoms with Crippen molar-refractivity contribution in [3.8, 4) is 0 Å². The molecule has 28 heavy (non-hydrogen) atoms. The Hall–Kier alpha value is -2.47. The lowest BCUT2D eigenvalue weighted by Gasteiger charge is -2.28. The number of halogens is 1. The van der Waals surface area contributed by atoms with Gasteiger partial charge in [0.05, 0.1) is 11.8 Å². The molecule has 4 rings (SSSR count). The number of carbonyl (C=O) groups excluding carboxylic acids is 3. The molecule has 144 valence electrons. The van der Waals surface area contributed by atoms with Crippen molar-refractivity contribution in [1.29, 1.82) is 0 Å². The van der Waals surface area contributed by atoms with Crippen LogP contribution in [0.4, 0.5) is 5.69 Å². The van der Waals surface area contributed by atoms with E-state index in [-0.39, 0.29) is 42.0 Å². The Kier molecular flexibility index (Phi) is 5.31. The van der Waals surface area contributed by atoms with Crippen molar-refractivity contribution in [2.45, 2.75) is 25.2 Å². The summed E-state index contributed by atoms with van der Waals surface area (Å²) in [6.45, 7) is -0.225. The third-order valence-corrected chi connectivity index (χ3v) is 6.25. The zero-order valence-corrected chi connectivity index (χ0v) is 16.9. The molecule has 0 aromatic heterocycles. The molecule has 0 spiro atoms. The van der Waals surface area contributed by atoms with E-state index in [9.17, 15) is 14.4 Å². The number of imide groups is 1. The van der Waals surface area contributed by atoms with Crippen LogP contribution in [0.5, 0.6) is 0 Å². The summed E-state index contributed by atoms with van der Waals surface area (Å²) in [5, 5.41) is 2.75. The zero-order valence-electron chi connectivity index (χ0n) is 15.3. The first-order valence-corrected chi connectivity index (χ1v) is 10.3. The maximum Gasteiger partial charge on any atom is 0.244 e. The van der Waals surface area contributed by atoms with Crippen LogP contribution in [0.15, 0.2) is 59.1 Å². The van der Waals surface area contributed by atoms with Crippen molar-refractivity contribution in [2.24, 2.45) is 11.8 Å². The van der Waals surface area contributed by atoms with Crippen LogP contribution in [0.3, 0.4) is 0 Å². The maximum atomic E-state index is 12.9. The van der Waals surface area contributed by atoms with Crippen LogP contribution < -0.4 is 5.32 Å². The van der Waals surface area contributed by atoms with Gasteiger partial charge < -0.3 is 5.32 Å². The summed E-state index contributed by atoms with van der Waals surface area (Å²) in [5.41, 5.74) is 1.85. The molecule has 3 amide bonds. The van der Waals surface area contributed by atoms with E-state index in [2.05, 4.69) is 33.4 Å². The molecule has 3 atom stereocenters. The predicted octanol–water partition coefficient (Wildman–Crippen LogP) is 3.96. The molecule has 1 heterocycles. The summed E-state index contributed by atoms with van der Waals surface area (Å²) in [4.78, 5) is 39.1. The van der Waals surface area contributed by atoms with E-state index in [4.69, 9.17) is 0 Å². The highest BCUT2D eigenvalue weighted by Gasteiger charge is 2.50. The Bertz CT molecular complexity index is 898. The van der Waals surface area contributed by atoms with E-state index in [1.807, 2.05) is 30.3 Å². The van der Waals surface area contributed by atoms with Crippen molar-refractivity contribution in [3.05, 3.63) is 64.6 Å². The Morgan fingerprint density at radius 3 is 2.36 bits per heavy atom. The van der Waals surface area contributed by atoms with Crippen molar-refractivity contribution >= 4 is 39.3 Å². The second kappa shape index (κ2) is 7.87. The number of nitrogens with zero attached hydrogens (tertiary/aromatic N) is 1. The highest BCUT2D eigenvalue weighted by molar-refractivity contribution is 9.10.